The fourth-order valence-electron chi connectivity index (χ4n) is 1.34. The average molecular weight is 291 g/mol. The third-order valence-electron chi connectivity index (χ3n) is 2.10. The Morgan fingerprint density at radius 2 is 2.07 bits per heavy atom. The highest BCUT2D eigenvalue weighted by Crippen LogP contribution is 2.49. The number of benzene rings is 1. The van der Waals surface area contributed by atoms with Gasteiger partial charge < -0.3 is 5.11 Å². The molecule has 1 saturated heterocycles. The van der Waals surface area contributed by atoms with Gasteiger partial charge in [0.05, 0.1) is 11.2 Å². The van der Waals surface area contributed by atoms with Crippen molar-refractivity contribution in [3.8, 4) is 0 Å². The molecule has 1 aromatic carbocycles. The van der Waals surface area contributed by atoms with Crippen LogP contribution in [0.4, 0.5) is 0 Å². The summed E-state index contributed by atoms with van der Waals surface area (Å²) in [5.74, 6) is 1.06. The SMILES string of the molecule is OCC1CSC(c2ccc(Br)cc2)S1. The minimum Gasteiger partial charge on any atom is -0.395 e. The molecule has 14 heavy (non-hydrogen) atoms. The summed E-state index contributed by atoms with van der Waals surface area (Å²) in [7, 11) is 0. The normalized spacial score (nSPS) is 26.7. The number of rotatable bonds is 2. The molecule has 0 aliphatic carbocycles. The molecule has 2 rings (SSSR count). The molecule has 0 saturated carbocycles. The van der Waals surface area contributed by atoms with Crippen LogP contribution in [-0.4, -0.2) is 22.7 Å². The zero-order chi connectivity index (χ0) is 9.97. The van der Waals surface area contributed by atoms with Gasteiger partial charge in [0.1, 0.15) is 0 Å². The Labute approximate surface area is 101 Å². The van der Waals surface area contributed by atoms with E-state index < -0.39 is 0 Å². The maximum Gasteiger partial charge on any atom is 0.0755 e. The first kappa shape index (κ1) is 10.9. The molecule has 1 aliphatic heterocycles. The van der Waals surface area contributed by atoms with Crippen LogP contribution in [0, 0.1) is 0 Å². The summed E-state index contributed by atoms with van der Waals surface area (Å²) in [6.45, 7) is 0.296. The van der Waals surface area contributed by atoms with E-state index >= 15 is 0 Å². The molecule has 0 amide bonds. The Balaban J connectivity index is 2.06. The van der Waals surface area contributed by atoms with Crippen molar-refractivity contribution >= 4 is 39.5 Å². The summed E-state index contributed by atoms with van der Waals surface area (Å²) in [4.78, 5) is 0. The van der Waals surface area contributed by atoms with Crippen LogP contribution in [0.25, 0.3) is 0 Å². The second kappa shape index (κ2) is 4.92. The van der Waals surface area contributed by atoms with E-state index in [2.05, 4.69) is 40.2 Å². The summed E-state index contributed by atoms with van der Waals surface area (Å²) in [5, 5.41) is 9.44. The minimum atomic E-state index is 0.296. The van der Waals surface area contributed by atoms with Crippen molar-refractivity contribution in [3.05, 3.63) is 34.3 Å². The maximum absolute atomic E-state index is 9.03. The molecule has 76 valence electrons. The van der Waals surface area contributed by atoms with Gasteiger partial charge in [-0.05, 0) is 17.7 Å². The second-order valence-electron chi connectivity index (χ2n) is 3.16. The van der Waals surface area contributed by atoms with Crippen molar-refractivity contribution in [1.82, 2.24) is 0 Å². The zero-order valence-corrected chi connectivity index (χ0v) is 10.7. The van der Waals surface area contributed by atoms with Gasteiger partial charge in [0.2, 0.25) is 0 Å². The van der Waals surface area contributed by atoms with Crippen LogP contribution in [0.3, 0.4) is 0 Å². The number of halogens is 1. The Kier molecular flexibility index (Phi) is 3.82. The smallest absolute Gasteiger partial charge is 0.0755 e. The Morgan fingerprint density at radius 3 is 2.64 bits per heavy atom. The largest absolute Gasteiger partial charge is 0.395 e. The van der Waals surface area contributed by atoms with Crippen molar-refractivity contribution in [2.75, 3.05) is 12.4 Å². The van der Waals surface area contributed by atoms with Gasteiger partial charge in [-0.3, -0.25) is 0 Å². The molecule has 0 spiro atoms. The van der Waals surface area contributed by atoms with Crippen LogP contribution < -0.4 is 0 Å². The van der Waals surface area contributed by atoms with Gasteiger partial charge in [0.25, 0.3) is 0 Å². The van der Waals surface area contributed by atoms with Crippen molar-refractivity contribution in [3.63, 3.8) is 0 Å². The minimum absolute atomic E-state index is 0.296. The zero-order valence-electron chi connectivity index (χ0n) is 7.52. The molecule has 1 aromatic rings. The lowest BCUT2D eigenvalue weighted by atomic mass is 10.2. The lowest BCUT2D eigenvalue weighted by Gasteiger charge is -2.08. The van der Waals surface area contributed by atoms with E-state index in [0.29, 0.717) is 16.4 Å². The van der Waals surface area contributed by atoms with Gasteiger partial charge in [-0.15, -0.1) is 23.5 Å². The van der Waals surface area contributed by atoms with Crippen LogP contribution in [0.5, 0.6) is 0 Å². The monoisotopic (exact) mass is 290 g/mol. The Morgan fingerprint density at radius 1 is 1.36 bits per heavy atom. The van der Waals surface area contributed by atoms with E-state index in [9.17, 15) is 0 Å². The number of hydrogen-bond acceptors (Lipinski definition) is 3. The van der Waals surface area contributed by atoms with Crippen LogP contribution >= 0.6 is 39.5 Å². The molecular formula is C10H11BrOS2. The van der Waals surface area contributed by atoms with E-state index in [4.69, 9.17) is 5.11 Å². The number of aliphatic hydroxyl groups is 1. The fourth-order valence-corrected chi connectivity index (χ4v) is 4.77. The van der Waals surface area contributed by atoms with Crippen molar-refractivity contribution in [1.29, 1.82) is 0 Å². The highest BCUT2D eigenvalue weighted by molar-refractivity contribution is 9.10. The first-order valence-corrected chi connectivity index (χ1v) is 7.21. The molecule has 2 unspecified atom stereocenters. The standard InChI is InChI=1S/C10H11BrOS2/c11-8-3-1-7(2-4-8)10-13-6-9(5-12)14-10/h1-4,9-10,12H,5-6H2. The van der Waals surface area contributed by atoms with Gasteiger partial charge in [-0.2, -0.15) is 0 Å². The summed E-state index contributed by atoms with van der Waals surface area (Å²) >= 11 is 7.21. The first-order valence-electron chi connectivity index (χ1n) is 4.43. The van der Waals surface area contributed by atoms with Crippen molar-refractivity contribution in [2.24, 2.45) is 0 Å². The summed E-state index contributed by atoms with van der Waals surface area (Å²) in [6, 6.07) is 8.44. The lowest BCUT2D eigenvalue weighted by molar-refractivity contribution is 0.301. The summed E-state index contributed by atoms with van der Waals surface area (Å²) in [5.41, 5.74) is 1.35. The van der Waals surface area contributed by atoms with E-state index in [1.165, 1.54) is 5.56 Å². The average Bonchev–Trinajstić information content (AvgIpc) is 2.67. The third-order valence-corrected chi connectivity index (χ3v) is 5.97. The molecule has 2 atom stereocenters. The molecule has 1 aliphatic rings. The van der Waals surface area contributed by atoms with Gasteiger partial charge >= 0.3 is 0 Å². The molecule has 1 heterocycles. The number of thioether (sulfide) groups is 2. The third kappa shape index (κ3) is 2.48. The number of hydrogen-bond donors (Lipinski definition) is 1. The van der Waals surface area contributed by atoms with Gasteiger partial charge in [-0.1, -0.05) is 28.1 Å². The maximum atomic E-state index is 9.03. The van der Waals surface area contributed by atoms with E-state index in [1.807, 2.05) is 23.5 Å². The Bertz CT molecular complexity index is 301. The van der Waals surface area contributed by atoms with Gasteiger partial charge in [0.15, 0.2) is 0 Å². The summed E-state index contributed by atoms with van der Waals surface area (Å²) < 4.78 is 1.62. The number of aliphatic hydroxyl groups excluding tert-OH is 1. The predicted octanol–water partition coefficient (Wildman–Crippen LogP) is 3.29. The molecule has 1 nitrogen and oxygen atoms in total. The van der Waals surface area contributed by atoms with E-state index in [-0.39, 0.29) is 0 Å². The predicted molar refractivity (Wildman–Crippen MR) is 67.8 cm³/mol. The molecule has 0 bridgehead atoms. The van der Waals surface area contributed by atoms with Crippen LogP contribution in [0.2, 0.25) is 0 Å². The molecular weight excluding hydrogens is 280 g/mol. The molecule has 4 heteroatoms. The van der Waals surface area contributed by atoms with Crippen molar-refractivity contribution < 1.29 is 5.11 Å². The van der Waals surface area contributed by atoms with Crippen LogP contribution in [0.1, 0.15) is 10.1 Å². The van der Waals surface area contributed by atoms with Crippen LogP contribution in [0.15, 0.2) is 28.7 Å². The second-order valence-corrected chi connectivity index (χ2v) is 6.92. The Hall–Kier alpha value is 0.360. The lowest BCUT2D eigenvalue weighted by Crippen LogP contribution is -2.05. The highest BCUT2D eigenvalue weighted by atomic mass is 79.9. The first-order chi connectivity index (χ1) is 6.79. The fraction of sp³-hybridized carbons (Fsp3) is 0.400. The molecule has 1 fully saturated rings. The van der Waals surface area contributed by atoms with Crippen molar-refractivity contribution in [2.45, 2.75) is 9.83 Å². The van der Waals surface area contributed by atoms with E-state index in [0.717, 1.165) is 10.2 Å². The van der Waals surface area contributed by atoms with Gasteiger partial charge in [-0.25, -0.2) is 0 Å². The topological polar surface area (TPSA) is 20.2 Å². The summed E-state index contributed by atoms with van der Waals surface area (Å²) in [6.07, 6.45) is 0. The quantitative estimate of drug-likeness (QED) is 0.903. The molecule has 0 radical (unpaired) electrons. The molecule has 1 N–H and O–H groups in total. The molecule has 0 aromatic heterocycles. The highest BCUT2D eigenvalue weighted by Gasteiger charge is 2.26. The van der Waals surface area contributed by atoms with Crippen LogP contribution in [-0.2, 0) is 0 Å². The van der Waals surface area contributed by atoms with E-state index in [1.54, 1.807) is 0 Å². The van der Waals surface area contributed by atoms with Gasteiger partial charge in [0, 0.05) is 15.5 Å².